The maximum absolute atomic E-state index is 13.5. The van der Waals surface area contributed by atoms with Crippen molar-refractivity contribution < 1.29 is 26.3 Å². The molecule has 0 amide bonds. The number of alkyl halides is 6. The minimum absolute atomic E-state index is 0.841. The molecule has 0 aliphatic heterocycles. The molecule has 0 radical (unpaired) electrons. The third-order valence-corrected chi connectivity index (χ3v) is 5.14. The minimum Gasteiger partial charge on any atom is -0.169 e. The first-order valence-corrected chi connectivity index (χ1v) is 18.0. The van der Waals surface area contributed by atoms with Crippen molar-refractivity contribution in [2.24, 2.45) is 0 Å². The lowest BCUT2D eigenvalue weighted by Crippen LogP contribution is -2.54. The fourth-order valence-electron chi connectivity index (χ4n) is 3.62. The summed E-state index contributed by atoms with van der Waals surface area (Å²) >= 11 is 0. The largest absolute Gasteiger partial charge is 0.411 e. The Morgan fingerprint density at radius 2 is 0.429 bits per heavy atom. The van der Waals surface area contributed by atoms with E-state index in [2.05, 4.69) is 48.5 Å². The van der Waals surface area contributed by atoms with Crippen LogP contribution in [-0.2, 0) is 5.41 Å². The highest BCUT2D eigenvalue weighted by Gasteiger charge is 2.72. The molecule has 282 valence electrons. The average molecular weight is 699 g/mol. The zero-order valence-electron chi connectivity index (χ0n) is 33.3. The molecule has 0 N–H and O–H groups in total. The number of hydrogen-bond donors (Lipinski definition) is 0. The van der Waals surface area contributed by atoms with E-state index in [4.69, 9.17) is 0 Å². The molecule has 0 saturated heterocycles. The summed E-state index contributed by atoms with van der Waals surface area (Å²) < 4.78 is 81.1. The van der Waals surface area contributed by atoms with Crippen LogP contribution < -0.4 is 0 Å². The van der Waals surface area contributed by atoms with E-state index in [1.807, 2.05) is 123 Å². The molecule has 0 aliphatic rings. The molecule has 4 aromatic rings. The molecular weight excluding hydrogens is 630 g/mol. The third-order valence-electron chi connectivity index (χ3n) is 5.14. The third kappa shape index (κ3) is 20.5. The monoisotopic (exact) mass is 699 g/mol. The first kappa shape index (κ1) is 57.7. The van der Waals surface area contributed by atoms with Crippen LogP contribution in [0.3, 0.4) is 0 Å². The molecule has 0 aromatic heterocycles. The Bertz CT molecular complexity index is 1010. The fourth-order valence-corrected chi connectivity index (χ4v) is 3.62. The van der Waals surface area contributed by atoms with E-state index in [1.54, 1.807) is 0 Å². The standard InChI is InChI=1S/C15H10F6.C12H10.8C2H6/c16-14(17,18)13(15(19,20)21,11-7-3-1-4-8-11)12-9-5-2-6-10-12;1-3-7-11(8-4-1)12-9-5-2-6-10-12;8*1-2/h1-10H;1-10H;8*1-2H3. The minimum atomic E-state index is -5.52. The van der Waals surface area contributed by atoms with Crippen LogP contribution in [0.25, 0.3) is 11.1 Å². The van der Waals surface area contributed by atoms with E-state index in [-0.39, 0.29) is 0 Å². The molecule has 0 heterocycles. The molecule has 0 unspecified atom stereocenters. The highest BCUT2D eigenvalue weighted by atomic mass is 19.4. The van der Waals surface area contributed by atoms with Crippen LogP contribution >= 0.6 is 0 Å². The number of hydrogen-bond acceptors (Lipinski definition) is 0. The van der Waals surface area contributed by atoms with E-state index < -0.39 is 28.9 Å². The van der Waals surface area contributed by atoms with Gasteiger partial charge in [-0.1, -0.05) is 232 Å². The second-order valence-electron chi connectivity index (χ2n) is 7.21. The van der Waals surface area contributed by atoms with E-state index in [0.717, 1.165) is 48.5 Å². The summed E-state index contributed by atoms with van der Waals surface area (Å²) in [6.07, 6.45) is -11.0. The van der Waals surface area contributed by atoms with Gasteiger partial charge in [0.1, 0.15) is 0 Å². The van der Waals surface area contributed by atoms with Crippen LogP contribution in [0.5, 0.6) is 0 Å². The van der Waals surface area contributed by atoms with Gasteiger partial charge >= 0.3 is 12.4 Å². The summed E-state index contributed by atoms with van der Waals surface area (Å²) in [5.74, 6) is 0. The maximum Gasteiger partial charge on any atom is 0.411 e. The summed E-state index contributed by atoms with van der Waals surface area (Å²) in [6.45, 7) is 32.0. The highest BCUT2D eigenvalue weighted by Crippen LogP contribution is 2.55. The van der Waals surface area contributed by atoms with E-state index >= 15 is 0 Å². The zero-order valence-corrected chi connectivity index (χ0v) is 33.3. The SMILES string of the molecule is CC.CC.CC.CC.CC.CC.CC.CC.FC(F)(F)C(c1ccccc1)(c1ccccc1)C(F)(F)F.c1ccc(-c2ccccc2)cc1. The second kappa shape index (κ2) is 38.9. The van der Waals surface area contributed by atoms with Gasteiger partial charge < -0.3 is 0 Å². The molecule has 0 saturated carbocycles. The van der Waals surface area contributed by atoms with Gasteiger partial charge in [-0.15, -0.1) is 0 Å². The van der Waals surface area contributed by atoms with Crippen molar-refractivity contribution in [3.8, 4) is 11.1 Å². The Kier molecular flexibility index (Phi) is 45.8. The van der Waals surface area contributed by atoms with Gasteiger partial charge in [-0.2, -0.15) is 26.3 Å². The van der Waals surface area contributed by atoms with Crippen molar-refractivity contribution in [1.29, 1.82) is 0 Å². The summed E-state index contributed by atoms with van der Waals surface area (Å²) in [5.41, 5.74) is -3.19. The van der Waals surface area contributed by atoms with Crippen LogP contribution in [-0.4, -0.2) is 12.4 Å². The summed E-state index contributed by atoms with van der Waals surface area (Å²) in [4.78, 5) is 0. The van der Waals surface area contributed by atoms with Crippen LogP contribution in [0.4, 0.5) is 26.3 Å². The lowest BCUT2D eigenvalue weighted by molar-refractivity contribution is -0.288. The van der Waals surface area contributed by atoms with Crippen LogP contribution in [0, 0.1) is 0 Å². The molecule has 49 heavy (non-hydrogen) atoms. The van der Waals surface area contributed by atoms with E-state index in [9.17, 15) is 26.3 Å². The summed E-state index contributed by atoms with van der Waals surface area (Å²) in [7, 11) is 0. The lowest BCUT2D eigenvalue weighted by Gasteiger charge is -2.38. The van der Waals surface area contributed by atoms with Crippen molar-refractivity contribution in [2.75, 3.05) is 0 Å². The molecule has 0 aliphatic carbocycles. The molecule has 0 spiro atoms. The summed E-state index contributed by atoms with van der Waals surface area (Å²) in [6, 6.07) is 31.5. The zero-order chi connectivity index (χ0) is 40.0. The Hall–Kier alpha value is -3.54. The predicted octanol–water partition coefficient (Wildman–Crippen LogP) is 16.7. The van der Waals surface area contributed by atoms with E-state index in [0.29, 0.717) is 0 Å². The Morgan fingerprint density at radius 1 is 0.265 bits per heavy atom. The van der Waals surface area contributed by atoms with Gasteiger partial charge in [-0.05, 0) is 22.3 Å². The van der Waals surface area contributed by atoms with Gasteiger partial charge in [0.15, 0.2) is 0 Å². The van der Waals surface area contributed by atoms with Gasteiger partial charge in [0.05, 0.1) is 0 Å². The smallest absolute Gasteiger partial charge is 0.169 e. The molecular formula is C43H68F6. The molecule has 0 bridgehead atoms. The molecule has 4 aromatic carbocycles. The predicted molar refractivity (Wildman–Crippen MR) is 208 cm³/mol. The van der Waals surface area contributed by atoms with Crippen molar-refractivity contribution in [3.63, 3.8) is 0 Å². The van der Waals surface area contributed by atoms with Crippen molar-refractivity contribution in [1.82, 2.24) is 0 Å². The van der Waals surface area contributed by atoms with Gasteiger partial charge in [-0.25, -0.2) is 0 Å². The average Bonchev–Trinajstić information content (AvgIpc) is 3.19. The quantitative estimate of drug-likeness (QED) is 0.187. The normalized spacial score (nSPS) is 9.02. The van der Waals surface area contributed by atoms with Crippen LogP contribution in [0.1, 0.15) is 122 Å². The van der Waals surface area contributed by atoms with Gasteiger partial charge in [0.25, 0.3) is 0 Å². The van der Waals surface area contributed by atoms with Gasteiger partial charge in [0, 0.05) is 0 Å². The molecule has 0 atom stereocenters. The van der Waals surface area contributed by atoms with E-state index in [1.165, 1.54) is 23.3 Å². The van der Waals surface area contributed by atoms with Crippen molar-refractivity contribution in [3.05, 3.63) is 132 Å². The van der Waals surface area contributed by atoms with Gasteiger partial charge in [0.2, 0.25) is 5.41 Å². The molecule has 0 fully saturated rings. The van der Waals surface area contributed by atoms with Crippen LogP contribution in [0.15, 0.2) is 121 Å². The van der Waals surface area contributed by atoms with Crippen molar-refractivity contribution >= 4 is 0 Å². The maximum atomic E-state index is 13.5. The summed E-state index contributed by atoms with van der Waals surface area (Å²) in [5, 5.41) is 0. The molecule has 4 rings (SSSR count). The first-order chi connectivity index (χ1) is 23.7. The second-order valence-corrected chi connectivity index (χ2v) is 7.21. The fraction of sp³-hybridized carbons (Fsp3) is 0.442. The lowest BCUT2D eigenvalue weighted by atomic mass is 9.73. The Labute approximate surface area is 298 Å². The molecule has 0 nitrogen and oxygen atoms in total. The van der Waals surface area contributed by atoms with Gasteiger partial charge in [-0.3, -0.25) is 0 Å². The topological polar surface area (TPSA) is 0 Å². The number of benzene rings is 4. The highest BCUT2D eigenvalue weighted by molar-refractivity contribution is 5.62. The number of rotatable bonds is 3. The number of halogens is 6. The van der Waals surface area contributed by atoms with Crippen molar-refractivity contribution in [2.45, 2.75) is 129 Å². The molecule has 6 heteroatoms. The van der Waals surface area contributed by atoms with Crippen LogP contribution in [0.2, 0.25) is 0 Å². The Morgan fingerprint density at radius 3 is 0.592 bits per heavy atom. The Balaban J connectivity index is -0.000000141. The first-order valence-electron chi connectivity index (χ1n) is 18.0.